The van der Waals surface area contributed by atoms with Gasteiger partial charge in [-0.05, 0) is 6.92 Å². The van der Waals surface area contributed by atoms with Gasteiger partial charge in [0.15, 0.2) is 15.7 Å². The second kappa shape index (κ2) is 5.17. The van der Waals surface area contributed by atoms with E-state index < -0.39 is 9.84 Å². The summed E-state index contributed by atoms with van der Waals surface area (Å²) >= 11 is 0. The van der Waals surface area contributed by atoms with Gasteiger partial charge >= 0.3 is 0 Å². The Balaban J connectivity index is 2.01. The molecule has 2 heterocycles. The molecule has 8 heteroatoms. The Bertz CT molecular complexity index is 502. The molecule has 1 atom stereocenters. The molecule has 0 aromatic carbocycles. The van der Waals surface area contributed by atoms with E-state index in [1.54, 1.807) is 12.4 Å². The Labute approximate surface area is 106 Å². The van der Waals surface area contributed by atoms with Gasteiger partial charge < -0.3 is 5.43 Å². The van der Waals surface area contributed by atoms with Gasteiger partial charge in [-0.3, -0.25) is 9.88 Å². The summed E-state index contributed by atoms with van der Waals surface area (Å²) in [5, 5.41) is 0. The number of nitrogens with two attached hydrogens (primary N) is 1. The van der Waals surface area contributed by atoms with Crippen LogP contribution < -0.4 is 11.3 Å². The predicted octanol–water partition coefficient (Wildman–Crippen LogP) is -0.619. The van der Waals surface area contributed by atoms with Crippen molar-refractivity contribution in [3.63, 3.8) is 0 Å². The van der Waals surface area contributed by atoms with E-state index in [2.05, 4.69) is 20.3 Å². The van der Waals surface area contributed by atoms with Crippen LogP contribution in [0.25, 0.3) is 0 Å². The molecule has 1 aliphatic heterocycles. The first-order valence-electron chi connectivity index (χ1n) is 5.72. The van der Waals surface area contributed by atoms with Crippen LogP contribution >= 0.6 is 0 Å². The van der Waals surface area contributed by atoms with Crippen LogP contribution in [0.4, 0.5) is 5.82 Å². The van der Waals surface area contributed by atoms with Crippen molar-refractivity contribution in [1.82, 2.24) is 14.9 Å². The molecule has 0 aliphatic carbocycles. The third-order valence-corrected chi connectivity index (χ3v) is 4.82. The molecule has 1 aliphatic rings. The average molecular weight is 271 g/mol. The van der Waals surface area contributed by atoms with Gasteiger partial charge in [0.1, 0.15) is 0 Å². The van der Waals surface area contributed by atoms with Gasteiger partial charge in [-0.1, -0.05) is 0 Å². The second-order valence-electron chi connectivity index (χ2n) is 4.47. The molecule has 0 radical (unpaired) electrons. The topological polar surface area (TPSA) is 101 Å². The summed E-state index contributed by atoms with van der Waals surface area (Å²) in [6, 6.07) is 0.0119. The molecule has 1 unspecified atom stereocenters. The van der Waals surface area contributed by atoms with Crippen LogP contribution in [0, 0.1) is 0 Å². The maximum atomic E-state index is 11.5. The Hall–Kier alpha value is -1.25. The van der Waals surface area contributed by atoms with Crippen LogP contribution in [0.1, 0.15) is 12.6 Å². The monoisotopic (exact) mass is 271 g/mol. The van der Waals surface area contributed by atoms with Crippen molar-refractivity contribution < 1.29 is 8.42 Å². The molecule has 2 rings (SSSR count). The number of nitrogen functional groups attached to an aromatic ring is 1. The van der Waals surface area contributed by atoms with Crippen molar-refractivity contribution in [3.8, 4) is 0 Å². The van der Waals surface area contributed by atoms with Crippen LogP contribution in [0.5, 0.6) is 0 Å². The number of nitrogens with one attached hydrogen (secondary N) is 1. The number of sulfone groups is 1. The summed E-state index contributed by atoms with van der Waals surface area (Å²) in [5.74, 6) is 6.14. The minimum absolute atomic E-state index is 0.0119. The standard InChI is InChI=1S/C10H17N5O2S/c1-8-7-18(16,17)3-2-15(8)6-9-4-13-10(14-11)5-12-9/h4-5,8H,2-3,6-7,11H2,1H3,(H,13,14). The minimum Gasteiger partial charge on any atom is -0.307 e. The third-order valence-electron chi connectivity index (χ3n) is 3.03. The highest BCUT2D eigenvalue weighted by atomic mass is 32.2. The lowest BCUT2D eigenvalue weighted by molar-refractivity contribution is 0.215. The van der Waals surface area contributed by atoms with Gasteiger partial charge in [0, 0.05) is 19.1 Å². The smallest absolute Gasteiger partial charge is 0.158 e. The number of aromatic nitrogens is 2. The zero-order valence-electron chi connectivity index (χ0n) is 10.2. The number of anilines is 1. The first-order chi connectivity index (χ1) is 8.50. The zero-order chi connectivity index (χ0) is 13.2. The summed E-state index contributed by atoms with van der Waals surface area (Å²) < 4.78 is 22.9. The fourth-order valence-corrected chi connectivity index (χ4v) is 3.61. The van der Waals surface area contributed by atoms with Crippen molar-refractivity contribution in [2.45, 2.75) is 19.5 Å². The highest BCUT2D eigenvalue weighted by Gasteiger charge is 2.28. The normalized spacial score (nSPS) is 23.8. The van der Waals surface area contributed by atoms with Gasteiger partial charge in [0.05, 0.1) is 29.6 Å². The predicted molar refractivity (Wildman–Crippen MR) is 68.4 cm³/mol. The van der Waals surface area contributed by atoms with Gasteiger partial charge in [-0.2, -0.15) is 0 Å². The maximum absolute atomic E-state index is 11.5. The summed E-state index contributed by atoms with van der Waals surface area (Å²) in [6.07, 6.45) is 3.20. The highest BCUT2D eigenvalue weighted by molar-refractivity contribution is 7.91. The lowest BCUT2D eigenvalue weighted by Crippen LogP contribution is -2.46. The summed E-state index contributed by atoms with van der Waals surface area (Å²) in [7, 11) is -2.87. The van der Waals surface area contributed by atoms with Crippen molar-refractivity contribution in [2.24, 2.45) is 5.84 Å². The first kappa shape index (κ1) is 13.2. The van der Waals surface area contributed by atoms with E-state index >= 15 is 0 Å². The van der Waals surface area contributed by atoms with E-state index in [9.17, 15) is 8.42 Å². The average Bonchev–Trinajstić information content (AvgIpc) is 2.33. The third kappa shape index (κ3) is 3.15. The van der Waals surface area contributed by atoms with E-state index in [0.29, 0.717) is 18.9 Å². The Morgan fingerprint density at radius 3 is 2.83 bits per heavy atom. The largest absolute Gasteiger partial charge is 0.307 e. The van der Waals surface area contributed by atoms with Gasteiger partial charge in [0.2, 0.25) is 0 Å². The fraction of sp³-hybridized carbons (Fsp3) is 0.600. The molecule has 18 heavy (non-hydrogen) atoms. The molecule has 0 spiro atoms. The highest BCUT2D eigenvalue weighted by Crippen LogP contribution is 2.14. The lowest BCUT2D eigenvalue weighted by Gasteiger charge is -2.32. The SMILES string of the molecule is CC1CS(=O)(=O)CCN1Cc1cnc(NN)cn1. The Morgan fingerprint density at radius 1 is 1.50 bits per heavy atom. The molecule has 3 N–H and O–H groups in total. The fourth-order valence-electron chi connectivity index (χ4n) is 1.99. The molecule has 100 valence electrons. The second-order valence-corrected chi connectivity index (χ2v) is 6.70. The molecule has 1 aromatic rings. The number of nitrogens with zero attached hydrogens (tertiary/aromatic N) is 3. The van der Waals surface area contributed by atoms with E-state index in [4.69, 9.17) is 5.84 Å². The molecule has 0 bridgehead atoms. The summed E-state index contributed by atoms with van der Waals surface area (Å²) in [6.45, 7) is 3.07. The molecule has 0 amide bonds. The summed E-state index contributed by atoms with van der Waals surface area (Å²) in [4.78, 5) is 10.4. The van der Waals surface area contributed by atoms with Crippen molar-refractivity contribution in [1.29, 1.82) is 0 Å². The van der Waals surface area contributed by atoms with Crippen LogP contribution in [0.2, 0.25) is 0 Å². The van der Waals surface area contributed by atoms with Crippen molar-refractivity contribution >= 4 is 15.7 Å². The lowest BCUT2D eigenvalue weighted by atomic mass is 10.3. The van der Waals surface area contributed by atoms with E-state index in [-0.39, 0.29) is 17.5 Å². The van der Waals surface area contributed by atoms with Gasteiger partial charge in [0.25, 0.3) is 0 Å². The van der Waals surface area contributed by atoms with Gasteiger partial charge in [-0.25, -0.2) is 19.2 Å². The molecule has 1 aromatic heterocycles. The number of hydrogen-bond acceptors (Lipinski definition) is 7. The first-order valence-corrected chi connectivity index (χ1v) is 7.54. The number of hydrogen-bond donors (Lipinski definition) is 2. The van der Waals surface area contributed by atoms with E-state index in [1.165, 1.54) is 0 Å². The number of rotatable bonds is 3. The molecule has 1 fully saturated rings. The van der Waals surface area contributed by atoms with E-state index in [1.807, 2.05) is 6.92 Å². The van der Waals surface area contributed by atoms with Crippen LogP contribution in [-0.2, 0) is 16.4 Å². The Morgan fingerprint density at radius 2 is 2.28 bits per heavy atom. The van der Waals surface area contributed by atoms with Crippen LogP contribution in [-0.4, -0.2) is 47.4 Å². The molecule has 0 saturated carbocycles. The Kier molecular flexibility index (Phi) is 3.79. The molecular weight excluding hydrogens is 254 g/mol. The minimum atomic E-state index is -2.87. The molecular formula is C10H17N5O2S. The molecule has 7 nitrogen and oxygen atoms in total. The summed E-state index contributed by atoms with van der Waals surface area (Å²) in [5.41, 5.74) is 3.22. The van der Waals surface area contributed by atoms with E-state index in [0.717, 1.165) is 5.69 Å². The quantitative estimate of drug-likeness (QED) is 0.558. The maximum Gasteiger partial charge on any atom is 0.158 e. The molecule has 1 saturated heterocycles. The van der Waals surface area contributed by atoms with Gasteiger partial charge in [-0.15, -0.1) is 0 Å². The van der Waals surface area contributed by atoms with Crippen molar-refractivity contribution in [3.05, 3.63) is 18.1 Å². The van der Waals surface area contributed by atoms with Crippen LogP contribution in [0.3, 0.4) is 0 Å². The zero-order valence-corrected chi connectivity index (χ0v) is 11.0. The number of hydrazine groups is 1. The van der Waals surface area contributed by atoms with Crippen molar-refractivity contribution in [2.75, 3.05) is 23.5 Å². The van der Waals surface area contributed by atoms with Crippen LogP contribution in [0.15, 0.2) is 12.4 Å².